The summed E-state index contributed by atoms with van der Waals surface area (Å²) in [6.07, 6.45) is 0.909. The zero-order valence-electron chi connectivity index (χ0n) is 10.4. The van der Waals surface area contributed by atoms with Crippen LogP contribution in [-0.2, 0) is 9.53 Å². The maximum absolute atomic E-state index is 11.7. The molecule has 2 unspecified atom stereocenters. The second-order valence-electron chi connectivity index (χ2n) is 4.03. The second kappa shape index (κ2) is 6.25. The molecule has 1 rings (SSSR count). The first-order chi connectivity index (χ1) is 8.08. The standard InChI is InChI=1S/C13H19NO3/c1-4-9(2)14-12(13(16)17-3)10-6-5-7-11(15)8-10/h5-9,12,14-15H,4H2,1-3H3. The molecule has 4 nitrogen and oxygen atoms in total. The minimum atomic E-state index is -0.540. The summed E-state index contributed by atoms with van der Waals surface area (Å²) in [5.74, 6) is -0.210. The maximum Gasteiger partial charge on any atom is 0.327 e. The number of aromatic hydroxyl groups is 1. The van der Waals surface area contributed by atoms with Gasteiger partial charge in [0.2, 0.25) is 0 Å². The number of phenolic OH excluding ortho intramolecular Hbond substituents is 1. The highest BCUT2D eigenvalue weighted by atomic mass is 16.5. The Labute approximate surface area is 102 Å². The number of esters is 1. The lowest BCUT2D eigenvalue weighted by Gasteiger charge is -2.21. The van der Waals surface area contributed by atoms with Crippen LogP contribution in [0.2, 0.25) is 0 Å². The van der Waals surface area contributed by atoms with Crippen LogP contribution in [0, 0.1) is 0 Å². The Morgan fingerprint density at radius 2 is 2.24 bits per heavy atom. The van der Waals surface area contributed by atoms with Gasteiger partial charge in [-0.3, -0.25) is 5.32 Å². The van der Waals surface area contributed by atoms with E-state index >= 15 is 0 Å². The van der Waals surface area contributed by atoms with E-state index in [0.29, 0.717) is 5.56 Å². The summed E-state index contributed by atoms with van der Waals surface area (Å²) in [5.41, 5.74) is 0.706. The van der Waals surface area contributed by atoms with E-state index in [1.165, 1.54) is 7.11 Å². The Kier molecular flexibility index (Phi) is 4.97. The lowest BCUT2D eigenvalue weighted by atomic mass is 10.1. The number of hydrogen-bond acceptors (Lipinski definition) is 4. The first-order valence-corrected chi connectivity index (χ1v) is 5.71. The van der Waals surface area contributed by atoms with Crippen molar-refractivity contribution >= 4 is 5.97 Å². The van der Waals surface area contributed by atoms with Gasteiger partial charge in [0.25, 0.3) is 0 Å². The van der Waals surface area contributed by atoms with Crippen LogP contribution in [0.15, 0.2) is 24.3 Å². The van der Waals surface area contributed by atoms with Gasteiger partial charge >= 0.3 is 5.97 Å². The van der Waals surface area contributed by atoms with Crippen LogP contribution in [0.25, 0.3) is 0 Å². The van der Waals surface area contributed by atoms with E-state index < -0.39 is 6.04 Å². The number of methoxy groups -OCH3 is 1. The molecule has 0 aliphatic carbocycles. The van der Waals surface area contributed by atoms with Crippen molar-refractivity contribution in [3.05, 3.63) is 29.8 Å². The molecule has 0 amide bonds. The fraction of sp³-hybridized carbons (Fsp3) is 0.462. The number of ether oxygens (including phenoxy) is 1. The van der Waals surface area contributed by atoms with Crippen LogP contribution in [0.5, 0.6) is 5.75 Å². The molecular formula is C13H19NO3. The Morgan fingerprint density at radius 3 is 2.76 bits per heavy atom. The molecule has 0 saturated heterocycles. The van der Waals surface area contributed by atoms with Crippen LogP contribution in [0.4, 0.5) is 0 Å². The quantitative estimate of drug-likeness (QED) is 0.769. The van der Waals surface area contributed by atoms with Crippen molar-refractivity contribution in [1.82, 2.24) is 5.32 Å². The highest BCUT2D eigenvalue weighted by molar-refractivity contribution is 5.77. The molecule has 17 heavy (non-hydrogen) atoms. The third-order valence-corrected chi connectivity index (χ3v) is 2.70. The second-order valence-corrected chi connectivity index (χ2v) is 4.03. The smallest absolute Gasteiger partial charge is 0.327 e. The zero-order valence-corrected chi connectivity index (χ0v) is 10.4. The average molecular weight is 237 g/mol. The van der Waals surface area contributed by atoms with E-state index in [-0.39, 0.29) is 17.8 Å². The van der Waals surface area contributed by atoms with Gasteiger partial charge in [0, 0.05) is 6.04 Å². The summed E-state index contributed by atoms with van der Waals surface area (Å²) in [4.78, 5) is 11.7. The van der Waals surface area contributed by atoms with E-state index in [1.54, 1.807) is 24.3 Å². The number of phenols is 1. The van der Waals surface area contributed by atoms with Crippen molar-refractivity contribution in [3.8, 4) is 5.75 Å². The molecule has 0 radical (unpaired) electrons. The first kappa shape index (κ1) is 13.5. The predicted octanol–water partition coefficient (Wildman–Crippen LogP) is 1.99. The summed E-state index contributed by atoms with van der Waals surface area (Å²) >= 11 is 0. The fourth-order valence-corrected chi connectivity index (χ4v) is 1.52. The Morgan fingerprint density at radius 1 is 1.53 bits per heavy atom. The normalized spacial score (nSPS) is 14.1. The monoisotopic (exact) mass is 237 g/mol. The summed E-state index contributed by atoms with van der Waals surface area (Å²) in [5, 5.41) is 12.6. The molecule has 4 heteroatoms. The van der Waals surface area contributed by atoms with Crippen molar-refractivity contribution in [1.29, 1.82) is 0 Å². The molecule has 0 aliphatic rings. The van der Waals surface area contributed by atoms with Gasteiger partial charge in [-0.1, -0.05) is 19.1 Å². The van der Waals surface area contributed by atoms with Crippen molar-refractivity contribution in [3.63, 3.8) is 0 Å². The Balaban J connectivity index is 2.93. The van der Waals surface area contributed by atoms with Crippen LogP contribution in [0.3, 0.4) is 0 Å². The van der Waals surface area contributed by atoms with E-state index in [4.69, 9.17) is 4.74 Å². The molecule has 94 valence electrons. The highest BCUT2D eigenvalue weighted by Gasteiger charge is 2.22. The number of carbonyl (C=O) groups excluding carboxylic acids is 1. The largest absolute Gasteiger partial charge is 0.508 e. The molecule has 2 N–H and O–H groups in total. The van der Waals surface area contributed by atoms with Crippen molar-refractivity contribution in [2.45, 2.75) is 32.4 Å². The molecule has 0 aliphatic heterocycles. The molecule has 1 aromatic carbocycles. The zero-order chi connectivity index (χ0) is 12.8. The molecule has 1 aromatic rings. The van der Waals surface area contributed by atoms with E-state index in [0.717, 1.165) is 6.42 Å². The summed E-state index contributed by atoms with van der Waals surface area (Å²) < 4.78 is 4.77. The molecule has 0 aromatic heterocycles. The highest BCUT2D eigenvalue weighted by Crippen LogP contribution is 2.20. The Hall–Kier alpha value is -1.55. The molecule has 0 saturated carbocycles. The van der Waals surface area contributed by atoms with Crippen LogP contribution < -0.4 is 5.32 Å². The lowest BCUT2D eigenvalue weighted by molar-refractivity contribution is -0.143. The maximum atomic E-state index is 11.7. The van der Waals surface area contributed by atoms with Crippen LogP contribution in [0.1, 0.15) is 31.9 Å². The van der Waals surface area contributed by atoms with E-state index in [1.807, 2.05) is 13.8 Å². The van der Waals surface area contributed by atoms with Gasteiger partial charge in [0.1, 0.15) is 11.8 Å². The van der Waals surface area contributed by atoms with Gasteiger partial charge in [0.15, 0.2) is 0 Å². The SMILES string of the molecule is CCC(C)NC(C(=O)OC)c1cccc(O)c1. The number of carbonyl (C=O) groups is 1. The van der Waals surface area contributed by atoms with E-state index in [2.05, 4.69) is 5.32 Å². The Bertz CT molecular complexity index is 379. The molecule has 0 fully saturated rings. The van der Waals surface area contributed by atoms with Gasteiger partial charge in [-0.15, -0.1) is 0 Å². The lowest BCUT2D eigenvalue weighted by Crippen LogP contribution is -2.35. The molecule has 0 bridgehead atoms. The minimum absolute atomic E-state index is 0.141. The minimum Gasteiger partial charge on any atom is -0.508 e. The van der Waals surface area contributed by atoms with Gasteiger partial charge < -0.3 is 9.84 Å². The van der Waals surface area contributed by atoms with E-state index in [9.17, 15) is 9.90 Å². The van der Waals surface area contributed by atoms with Crippen molar-refractivity contribution in [2.75, 3.05) is 7.11 Å². The van der Waals surface area contributed by atoms with Gasteiger partial charge in [-0.2, -0.15) is 0 Å². The number of benzene rings is 1. The molecular weight excluding hydrogens is 218 g/mol. The topological polar surface area (TPSA) is 58.6 Å². The van der Waals surface area contributed by atoms with Crippen LogP contribution >= 0.6 is 0 Å². The number of hydrogen-bond donors (Lipinski definition) is 2. The van der Waals surface area contributed by atoms with Gasteiger partial charge in [0.05, 0.1) is 7.11 Å². The third-order valence-electron chi connectivity index (χ3n) is 2.70. The first-order valence-electron chi connectivity index (χ1n) is 5.71. The summed E-state index contributed by atoms with van der Waals surface area (Å²) in [7, 11) is 1.36. The number of rotatable bonds is 5. The van der Waals surface area contributed by atoms with Crippen LogP contribution in [-0.4, -0.2) is 24.2 Å². The average Bonchev–Trinajstić information content (AvgIpc) is 2.34. The van der Waals surface area contributed by atoms with Gasteiger partial charge in [-0.05, 0) is 31.0 Å². The summed E-state index contributed by atoms with van der Waals surface area (Å²) in [6.45, 7) is 4.03. The van der Waals surface area contributed by atoms with Gasteiger partial charge in [-0.25, -0.2) is 4.79 Å². The molecule has 2 atom stereocenters. The fourth-order valence-electron chi connectivity index (χ4n) is 1.52. The predicted molar refractivity (Wildman–Crippen MR) is 65.8 cm³/mol. The number of nitrogens with one attached hydrogen (secondary N) is 1. The van der Waals surface area contributed by atoms with Crippen molar-refractivity contribution < 1.29 is 14.6 Å². The molecule has 0 spiro atoms. The third kappa shape index (κ3) is 3.75. The van der Waals surface area contributed by atoms with Crippen molar-refractivity contribution in [2.24, 2.45) is 0 Å². The summed E-state index contributed by atoms with van der Waals surface area (Å²) in [6, 6.07) is 6.29. The molecule has 0 heterocycles.